The summed E-state index contributed by atoms with van der Waals surface area (Å²) in [6.45, 7) is 0.765. The van der Waals surface area contributed by atoms with Gasteiger partial charge in [0.05, 0.1) is 33.5 Å². The Morgan fingerprint density at radius 2 is 1.83 bits per heavy atom. The molecule has 2 fully saturated rings. The number of aliphatic hydroxyl groups is 1. The van der Waals surface area contributed by atoms with Gasteiger partial charge in [0.2, 0.25) is 0 Å². The largest absolute Gasteiger partial charge is 0.496 e. The molecule has 2 aromatic rings. The van der Waals surface area contributed by atoms with Gasteiger partial charge < -0.3 is 28.6 Å². The topological polar surface area (TPSA) is 75.0 Å². The molecule has 7 heteroatoms. The molecule has 1 N–H and O–H groups in total. The molecule has 0 spiro atoms. The van der Waals surface area contributed by atoms with Gasteiger partial charge in [-0.1, -0.05) is 6.07 Å². The highest BCUT2D eigenvalue weighted by Crippen LogP contribution is 2.41. The van der Waals surface area contributed by atoms with E-state index in [1.807, 2.05) is 29.0 Å². The van der Waals surface area contributed by atoms with E-state index in [4.69, 9.17) is 18.9 Å². The summed E-state index contributed by atoms with van der Waals surface area (Å²) in [4.78, 5) is 4.51. The first-order chi connectivity index (χ1) is 11.7. The fourth-order valence-corrected chi connectivity index (χ4v) is 3.54. The molecular weight excluding hydrogens is 312 g/mol. The monoisotopic (exact) mass is 332 g/mol. The summed E-state index contributed by atoms with van der Waals surface area (Å²) < 4.78 is 24.5. The van der Waals surface area contributed by atoms with E-state index < -0.39 is 6.10 Å². The van der Waals surface area contributed by atoms with Crippen LogP contribution in [0.5, 0.6) is 11.5 Å². The Bertz CT molecular complexity index is 709. The van der Waals surface area contributed by atoms with Crippen molar-refractivity contribution in [1.29, 1.82) is 0 Å². The number of aliphatic hydroxyl groups excluding tert-OH is 1. The number of hydrogen-bond acceptors (Lipinski definition) is 6. The third-order valence-corrected chi connectivity index (χ3v) is 4.68. The summed E-state index contributed by atoms with van der Waals surface area (Å²) in [6.07, 6.45) is 2.58. The van der Waals surface area contributed by atoms with Crippen LogP contribution in [-0.4, -0.2) is 60.4 Å². The molecule has 1 aromatic carbocycles. The van der Waals surface area contributed by atoms with Crippen LogP contribution in [0.1, 0.15) is 6.04 Å². The predicted molar refractivity (Wildman–Crippen MR) is 85.3 cm³/mol. The van der Waals surface area contributed by atoms with Crippen molar-refractivity contribution in [3.05, 3.63) is 30.6 Å². The van der Waals surface area contributed by atoms with Crippen molar-refractivity contribution in [2.75, 3.05) is 27.4 Å². The number of nitrogens with zero attached hydrogens (tertiary/aromatic N) is 2. The lowest BCUT2D eigenvalue weighted by atomic mass is 10.1. The second kappa shape index (κ2) is 6.08. The number of methoxy groups -OCH3 is 2. The molecule has 0 radical (unpaired) electrons. The van der Waals surface area contributed by atoms with E-state index in [0.29, 0.717) is 24.7 Å². The lowest BCUT2D eigenvalue weighted by molar-refractivity contribution is 0.0172. The molecule has 0 saturated carbocycles. The normalized spacial score (nSPS) is 28.8. The number of imidazole rings is 1. The molecule has 3 heterocycles. The zero-order valence-corrected chi connectivity index (χ0v) is 13.6. The van der Waals surface area contributed by atoms with Crippen LogP contribution in [0, 0.1) is 0 Å². The maximum absolute atomic E-state index is 9.95. The van der Waals surface area contributed by atoms with Crippen molar-refractivity contribution in [2.24, 2.45) is 0 Å². The maximum Gasteiger partial charge on any atom is 0.147 e. The van der Waals surface area contributed by atoms with Crippen LogP contribution in [0.3, 0.4) is 0 Å². The van der Waals surface area contributed by atoms with Gasteiger partial charge in [-0.3, -0.25) is 0 Å². The summed E-state index contributed by atoms with van der Waals surface area (Å²) in [5, 5.41) is 9.95. The average molecular weight is 332 g/mol. The predicted octanol–water partition coefficient (Wildman–Crippen LogP) is 1.27. The number of rotatable bonds is 4. The summed E-state index contributed by atoms with van der Waals surface area (Å²) in [5.41, 5.74) is 0.787. The van der Waals surface area contributed by atoms with Crippen LogP contribution in [0.2, 0.25) is 0 Å². The van der Waals surface area contributed by atoms with Crippen molar-refractivity contribution in [1.82, 2.24) is 9.55 Å². The van der Waals surface area contributed by atoms with Crippen molar-refractivity contribution < 1.29 is 24.1 Å². The van der Waals surface area contributed by atoms with Gasteiger partial charge in [-0.15, -0.1) is 0 Å². The fraction of sp³-hybridized carbons (Fsp3) is 0.471. The molecular formula is C17H20N2O5. The number of benzene rings is 1. The third kappa shape index (κ3) is 2.28. The van der Waals surface area contributed by atoms with E-state index in [-0.39, 0.29) is 18.2 Å². The number of hydrogen-bond donors (Lipinski definition) is 1. The minimum absolute atomic E-state index is 0.0562. The molecule has 2 aliphatic rings. The number of aromatic nitrogens is 2. The molecule has 4 atom stereocenters. The first-order valence-electron chi connectivity index (χ1n) is 7.90. The lowest BCUT2D eigenvalue weighted by Gasteiger charge is -2.21. The van der Waals surface area contributed by atoms with Gasteiger partial charge in [0.1, 0.15) is 41.2 Å². The molecule has 4 rings (SSSR count). The average Bonchev–Trinajstić information content (AvgIpc) is 3.31. The van der Waals surface area contributed by atoms with Crippen LogP contribution in [-0.2, 0) is 9.47 Å². The number of fused-ring (bicyclic) bond motifs is 1. The lowest BCUT2D eigenvalue weighted by Crippen LogP contribution is -2.30. The van der Waals surface area contributed by atoms with E-state index in [0.717, 1.165) is 11.4 Å². The third-order valence-electron chi connectivity index (χ3n) is 4.68. The van der Waals surface area contributed by atoms with Crippen LogP contribution in [0.4, 0.5) is 0 Å². The first kappa shape index (κ1) is 15.4. The van der Waals surface area contributed by atoms with Crippen molar-refractivity contribution in [3.8, 4) is 22.9 Å². The minimum atomic E-state index is -0.576. The standard InChI is InChI=1S/C17H20N2O5/c1-21-12-4-3-5-13(22-2)14(12)17-18-6-7-19(17)10-8-23-16-11(20)9-24-15(10)16/h3-7,10-11,15-16,20H,8-9H2,1-2H3/t10-,11-,15-,16-/m1/s1. The first-order valence-corrected chi connectivity index (χ1v) is 7.90. The smallest absolute Gasteiger partial charge is 0.147 e. The molecule has 0 bridgehead atoms. The van der Waals surface area contributed by atoms with Crippen LogP contribution in [0.25, 0.3) is 11.4 Å². The quantitative estimate of drug-likeness (QED) is 0.909. The molecule has 1 aromatic heterocycles. The van der Waals surface area contributed by atoms with E-state index in [1.165, 1.54) is 0 Å². The van der Waals surface area contributed by atoms with Gasteiger partial charge in [-0.25, -0.2) is 4.98 Å². The van der Waals surface area contributed by atoms with Crippen LogP contribution < -0.4 is 9.47 Å². The highest BCUT2D eigenvalue weighted by atomic mass is 16.6. The van der Waals surface area contributed by atoms with Crippen molar-refractivity contribution >= 4 is 0 Å². The molecule has 2 aliphatic heterocycles. The minimum Gasteiger partial charge on any atom is -0.496 e. The summed E-state index contributed by atoms with van der Waals surface area (Å²) in [7, 11) is 3.24. The van der Waals surface area contributed by atoms with Gasteiger partial charge in [-0.05, 0) is 12.1 Å². The maximum atomic E-state index is 9.95. The molecule has 128 valence electrons. The van der Waals surface area contributed by atoms with Gasteiger partial charge >= 0.3 is 0 Å². The Morgan fingerprint density at radius 3 is 2.54 bits per heavy atom. The second-order valence-corrected chi connectivity index (χ2v) is 5.93. The van der Waals surface area contributed by atoms with E-state index in [9.17, 15) is 5.11 Å². The van der Waals surface area contributed by atoms with Crippen LogP contribution in [0.15, 0.2) is 30.6 Å². The zero-order chi connectivity index (χ0) is 16.7. The Labute approximate surface area is 139 Å². The highest BCUT2D eigenvalue weighted by Gasteiger charge is 2.48. The van der Waals surface area contributed by atoms with Crippen molar-refractivity contribution in [3.63, 3.8) is 0 Å². The Kier molecular flexibility index (Phi) is 3.91. The zero-order valence-electron chi connectivity index (χ0n) is 13.6. The molecule has 2 saturated heterocycles. The Balaban J connectivity index is 1.77. The molecule has 0 unspecified atom stereocenters. The van der Waals surface area contributed by atoms with E-state index in [1.54, 1.807) is 20.4 Å². The fourth-order valence-electron chi connectivity index (χ4n) is 3.54. The highest BCUT2D eigenvalue weighted by molar-refractivity contribution is 5.72. The van der Waals surface area contributed by atoms with Gasteiger partial charge in [-0.2, -0.15) is 0 Å². The van der Waals surface area contributed by atoms with Gasteiger partial charge in [0, 0.05) is 12.4 Å². The molecule has 0 amide bonds. The van der Waals surface area contributed by atoms with Gasteiger partial charge in [0.15, 0.2) is 0 Å². The summed E-state index contributed by atoms with van der Waals surface area (Å²) in [6, 6.07) is 5.57. The molecule has 24 heavy (non-hydrogen) atoms. The summed E-state index contributed by atoms with van der Waals surface area (Å²) >= 11 is 0. The van der Waals surface area contributed by atoms with Crippen molar-refractivity contribution in [2.45, 2.75) is 24.4 Å². The summed E-state index contributed by atoms with van der Waals surface area (Å²) in [5.74, 6) is 2.10. The molecule has 7 nitrogen and oxygen atoms in total. The van der Waals surface area contributed by atoms with E-state index >= 15 is 0 Å². The van der Waals surface area contributed by atoms with Gasteiger partial charge in [0.25, 0.3) is 0 Å². The Hall–Kier alpha value is -2.09. The number of ether oxygens (including phenoxy) is 4. The second-order valence-electron chi connectivity index (χ2n) is 5.93. The van der Waals surface area contributed by atoms with Crippen LogP contribution >= 0.6 is 0 Å². The molecule has 0 aliphatic carbocycles. The SMILES string of the molecule is COc1cccc(OC)c1-c1nccn1[C@@H]1CO[C@H]2[C@@H]1OC[C@H]2O. The Morgan fingerprint density at radius 1 is 1.12 bits per heavy atom. The van der Waals surface area contributed by atoms with E-state index in [2.05, 4.69) is 4.98 Å².